The molecule has 3 N–H and O–H groups in total. The fourth-order valence-electron chi connectivity index (χ4n) is 3.93. The maximum absolute atomic E-state index is 6.22. The van der Waals surface area contributed by atoms with E-state index in [2.05, 4.69) is 78.3 Å². The van der Waals surface area contributed by atoms with E-state index in [-0.39, 0.29) is 0 Å². The molecule has 0 aliphatic carbocycles. The van der Waals surface area contributed by atoms with Crippen molar-refractivity contribution in [3.05, 3.63) is 71.5 Å². The zero-order chi connectivity index (χ0) is 16.7. The Labute approximate surface area is 142 Å². The maximum Gasteiger partial charge on any atom is 0.0482 e. The number of hydrogen-bond donors (Lipinski definition) is 2. The lowest BCUT2D eigenvalue weighted by atomic mass is 9.90. The molecular formula is C21H23N3. The van der Waals surface area contributed by atoms with Gasteiger partial charge in [-0.15, -0.1) is 0 Å². The van der Waals surface area contributed by atoms with Crippen molar-refractivity contribution in [3.8, 4) is 0 Å². The third-order valence-corrected chi connectivity index (χ3v) is 5.28. The van der Waals surface area contributed by atoms with E-state index >= 15 is 0 Å². The zero-order valence-electron chi connectivity index (χ0n) is 14.2. The molecule has 0 bridgehead atoms. The number of aromatic amines is 1. The summed E-state index contributed by atoms with van der Waals surface area (Å²) >= 11 is 0. The summed E-state index contributed by atoms with van der Waals surface area (Å²) in [5, 5.41) is 2.63. The number of nitrogens with one attached hydrogen (secondary N) is 1. The van der Waals surface area contributed by atoms with Crippen LogP contribution in [-0.2, 0) is 13.5 Å². The van der Waals surface area contributed by atoms with Gasteiger partial charge in [0, 0.05) is 46.7 Å². The summed E-state index contributed by atoms with van der Waals surface area (Å²) in [6.07, 6.45) is 3.09. The van der Waals surface area contributed by atoms with E-state index in [0.29, 0.717) is 12.5 Å². The summed E-state index contributed by atoms with van der Waals surface area (Å²) < 4.78 is 2.28. The van der Waals surface area contributed by atoms with E-state index in [1.54, 1.807) is 0 Å². The second-order valence-electron chi connectivity index (χ2n) is 6.57. The standard InChI is InChI=1S/C21H23N3/c1-14-21(18-8-4-6-10-20(18)24(14)2)15(12-22)11-16-13-23-19-9-5-3-7-17(16)19/h3-10,13,15,23H,11-12,22H2,1-2H3. The Morgan fingerprint density at radius 2 is 1.75 bits per heavy atom. The minimum absolute atomic E-state index is 0.315. The van der Waals surface area contributed by atoms with Crippen molar-refractivity contribution in [2.45, 2.75) is 19.3 Å². The van der Waals surface area contributed by atoms with E-state index in [9.17, 15) is 0 Å². The number of aryl methyl sites for hydroxylation is 1. The predicted molar refractivity (Wildman–Crippen MR) is 101 cm³/mol. The van der Waals surface area contributed by atoms with Crippen LogP contribution < -0.4 is 5.73 Å². The summed E-state index contributed by atoms with van der Waals surface area (Å²) in [7, 11) is 2.14. The molecule has 3 nitrogen and oxygen atoms in total. The van der Waals surface area contributed by atoms with Gasteiger partial charge in [-0.2, -0.15) is 0 Å². The van der Waals surface area contributed by atoms with Crippen LogP contribution in [0.25, 0.3) is 21.8 Å². The summed E-state index contributed by atoms with van der Waals surface area (Å²) in [4.78, 5) is 3.38. The number of para-hydroxylation sites is 2. The Hall–Kier alpha value is -2.52. The summed E-state index contributed by atoms with van der Waals surface area (Å²) in [6, 6.07) is 17.1. The van der Waals surface area contributed by atoms with Crippen LogP contribution in [0.4, 0.5) is 0 Å². The van der Waals surface area contributed by atoms with Gasteiger partial charge in [0.25, 0.3) is 0 Å². The van der Waals surface area contributed by atoms with Gasteiger partial charge in [0.15, 0.2) is 0 Å². The van der Waals surface area contributed by atoms with E-state index in [4.69, 9.17) is 5.73 Å². The highest BCUT2D eigenvalue weighted by atomic mass is 14.9. The Morgan fingerprint density at radius 1 is 1.04 bits per heavy atom. The quantitative estimate of drug-likeness (QED) is 0.580. The van der Waals surface area contributed by atoms with Crippen molar-refractivity contribution in [2.75, 3.05) is 6.54 Å². The second kappa shape index (κ2) is 5.84. The van der Waals surface area contributed by atoms with Crippen LogP contribution >= 0.6 is 0 Å². The number of aromatic nitrogens is 2. The molecule has 0 fully saturated rings. The van der Waals surface area contributed by atoms with Gasteiger partial charge in [-0.05, 0) is 43.1 Å². The van der Waals surface area contributed by atoms with Gasteiger partial charge in [0.05, 0.1) is 0 Å². The van der Waals surface area contributed by atoms with E-state index in [1.807, 2.05) is 0 Å². The molecule has 0 radical (unpaired) electrons. The number of hydrogen-bond acceptors (Lipinski definition) is 1. The minimum Gasteiger partial charge on any atom is -0.361 e. The Balaban J connectivity index is 1.81. The molecule has 1 atom stereocenters. The lowest BCUT2D eigenvalue weighted by Crippen LogP contribution is -2.16. The fraction of sp³-hybridized carbons (Fsp3) is 0.238. The smallest absolute Gasteiger partial charge is 0.0482 e. The highest BCUT2D eigenvalue weighted by molar-refractivity contribution is 5.87. The molecule has 4 rings (SSSR count). The van der Waals surface area contributed by atoms with Crippen LogP contribution in [0.2, 0.25) is 0 Å². The van der Waals surface area contributed by atoms with Crippen molar-refractivity contribution in [1.82, 2.24) is 9.55 Å². The molecule has 0 aliphatic rings. The van der Waals surface area contributed by atoms with E-state index in [0.717, 1.165) is 6.42 Å². The molecule has 2 heterocycles. The first-order valence-electron chi connectivity index (χ1n) is 8.49. The predicted octanol–water partition coefficient (Wildman–Crippen LogP) is 4.25. The monoisotopic (exact) mass is 317 g/mol. The molecule has 2 aromatic heterocycles. The van der Waals surface area contributed by atoms with Crippen molar-refractivity contribution < 1.29 is 0 Å². The first-order chi connectivity index (χ1) is 11.7. The van der Waals surface area contributed by atoms with E-state index in [1.165, 1.54) is 38.6 Å². The van der Waals surface area contributed by atoms with Crippen molar-refractivity contribution in [1.29, 1.82) is 0 Å². The molecule has 0 aliphatic heterocycles. The highest BCUT2D eigenvalue weighted by Gasteiger charge is 2.21. The lowest BCUT2D eigenvalue weighted by molar-refractivity contribution is 0.691. The largest absolute Gasteiger partial charge is 0.361 e. The van der Waals surface area contributed by atoms with Crippen LogP contribution in [0.5, 0.6) is 0 Å². The van der Waals surface area contributed by atoms with Gasteiger partial charge < -0.3 is 15.3 Å². The molecule has 0 saturated heterocycles. The number of benzene rings is 2. The second-order valence-corrected chi connectivity index (χ2v) is 6.57. The molecule has 3 heteroatoms. The van der Waals surface area contributed by atoms with E-state index < -0.39 is 0 Å². The number of fused-ring (bicyclic) bond motifs is 2. The van der Waals surface area contributed by atoms with Gasteiger partial charge in [-0.1, -0.05) is 36.4 Å². The molecule has 0 spiro atoms. The topological polar surface area (TPSA) is 46.7 Å². The maximum atomic E-state index is 6.22. The molecule has 2 aromatic carbocycles. The number of H-pyrrole nitrogens is 1. The number of nitrogens with two attached hydrogens (primary N) is 1. The summed E-state index contributed by atoms with van der Waals surface area (Å²) in [5.74, 6) is 0.315. The Kier molecular flexibility index (Phi) is 3.66. The van der Waals surface area contributed by atoms with Crippen LogP contribution in [0, 0.1) is 6.92 Å². The average Bonchev–Trinajstić information content (AvgIpc) is 3.14. The minimum atomic E-state index is 0.315. The first-order valence-corrected chi connectivity index (χ1v) is 8.49. The van der Waals surface area contributed by atoms with Gasteiger partial charge in [0.2, 0.25) is 0 Å². The summed E-state index contributed by atoms with van der Waals surface area (Å²) in [5.41, 5.74) is 12.7. The SMILES string of the molecule is Cc1c(C(CN)Cc2c[nH]c3ccccc23)c2ccccc2n1C. The van der Waals surface area contributed by atoms with Crippen molar-refractivity contribution >= 4 is 21.8 Å². The summed E-state index contributed by atoms with van der Waals surface area (Å²) in [6.45, 7) is 2.85. The molecule has 24 heavy (non-hydrogen) atoms. The highest BCUT2D eigenvalue weighted by Crippen LogP contribution is 2.34. The average molecular weight is 317 g/mol. The first kappa shape index (κ1) is 15.0. The zero-order valence-corrected chi connectivity index (χ0v) is 14.2. The third-order valence-electron chi connectivity index (χ3n) is 5.28. The Morgan fingerprint density at radius 3 is 2.54 bits per heavy atom. The molecule has 4 aromatic rings. The van der Waals surface area contributed by atoms with Gasteiger partial charge in [-0.25, -0.2) is 0 Å². The third kappa shape index (κ3) is 2.24. The molecule has 0 saturated carbocycles. The molecule has 0 amide bonds. The van der Waals surface area contributed by atoms with Crippen molar-refractivity contribution in [3.63, 3.8) is 0 Å². The normalized spacial score (nSPS) is 13.0. The van der Waals surface area contributed by atoms with Gasteiger partial charge in [-0.3, -0.25) is 0 Å². The van der Waals surface area contributed by atoms with Crippen LogP contribution in [0.15, 0.2) is 54.7 Å². The lowest BCUT2D eigenvalue weighted by Gasteiger charge is -2.16. The van der Waals surface area contributed by atoms with Gasteiger partial charge >= 0.3 is 0 Å². The fourth-order valence-corrected chi connectivity index (χ4v) is 3.93. The molecule has 122 valence electrons. The van der Waals surface area contributed by atoms with Crippen molar-refractivity contribution in [2.24, 2.45) is 12.8 Å². The number of nitrogens with zero attached hydrogens (tertiary/aromatic N) is 1. The number of rotatable bonds is 4. The van der Waals surface area contributed by atoms with Gasteiger partial charge in [0.1, 0.15) is 0 Å². The molecule has 1 unspecified atom stereocenters. The Bertz CT molecular complexity index is 1010. The van der Waals surface area contributed by atoms with Crippen LogP contribution in [-0.4, -0.2) is 16.1 Å². The van der Waals surface area contributed by atoms with Crippen LogP contribution in [0.3, 0.4) is 0 Å². The van der Waals surface area contributed by atoms with Crippen LogP contribution in [0.1, 0.15) is 22.7 Å². The molecular weight excluding hydrogens is 294 g/mol.